The predicted molar refractivity (Wildman–Crippen MR) is 314 cm³/mol. The van der Waals surface area contributed by atoms with Gasteiger partial charge in [-0.15, -0.1) is 6.42 Å². The van der Waals surface area contributed by atoms with Gasteiger partial charge in [0.05, 0.1) is 39.6 Å². The standard InChI is InChI=1S/C63H72F2N12O8/c1-6-44-47(64)15-12-39-9-7-10-45(52(39)44)54-53(65)55-46(32-66-54)56(74-34-41-13-14-42(35-74)76(41)61(82)85-62(2,3)4)69-58(68-55)84-37-63-22-8-24-75(63)43(19-23-63)36-83-60(81)73-29-27-72(28-30-73)40-20-25-71(26-21-40)33-38-11-16-48-50(31-38)70(5)59(80)77(48)49-17-18-51(78)67-57(49)79/h1,7,9-12,15-16,31-32,40-43,49H,8,13-14,17-30,33-37H2,2-5H3,(H,67,78,79)/t41?,42?,43-,49?,63-/m0/s1. The van der Waals surface area contributed by atoms with Gasteiger partial charge in [-0.25, -0.2) is 23.2 Å². The van der Waals surface area contributed by atoms with E-state index in [1.165, 1.54) is 10.6 Å². The Labute approximate surface area is 491 Å². The lowest BCUT2D eigenvalue weighted by molar-refractivity contribution is -0.135. The fraction of sp³-hybridized carbons (Fsp3) is 0.524. The third-order valence-corrected chi connectivity index (χ3v) is 19.1. The van der Waals surface area contributed by atoms with Crippen molar-refractivity contribution in [3.8, 4) is 29.6 Å². The molecular weight excluding hydrogens is 1090 g/mol. The molecule has 3 aromatic carbocycles. The molecular formula is C63H72F2N12O8. The molecule has 1 N–H and O–H groups in total. The number of aromatic nitrogens is 5. The van der Waals surface area contributed by atoms with Gasteiger partial charge in [-0.2, -0.15) is 9.97 Å². The molecule has 7 aliphatic rings. The summed E-state index contributed by atoms with van der Waals surface area (Å²) in [6.45, 7) is 13.0. The summed E-state index contributed by atoms with van der Waals surface area (Å²) in [6, 6.07) is 13.5. The highest BCUT2D eigenvalue weighted by atomic mass is 19.1. The van der Waals surface area contributed by atoms with E-state index in [1.54, 1.807) is 42.1 Å². The van der Waals surface area contributed by atoms with Crippen molar-refractivity contribution in [2.24, 2.45) is 7.05 Å². The Kier molecular flexibility index (Phi) is 14.8. The lowest BCUT2D eigenvalue weighted by Crippen LogP contribution is -2.57. The average molecular weight is 1160 g/mol. The molecule has 0 aliphatic carbocycles. The van der Waals surface area contributed by atoms with Crippen LogP contribution < -0.4 is 20.6 Å². The number of aryl methyl sites for hydroxylation is 1. The van der Waals surface area contributed by atoms with E-state index in [0.717, 1.165) is 102 Å². The molecule has 4 amide bonds. The molecule has 7 fully saturated rings. The monoisotopic (exact) mass is 1160 g/mol. The van der Waals surface area contributed by atoms with Crippen LogP contribution in [0.5, 0.6) is 6.01 Å². The number of benzene rings is 3. The number of carbonyl (C=O) groups is 4. The van der Waals surface area contributed by atoms with Crippen LogP contribution in [0.25, 0.3) is 44.0 Å². The highest BCUT2D eigenvalue weighted by Crippen LogP contribution is 2.44. The molecule has 0 radical (unpaired) electrons. The molecule has 7 saturated heterocycles. The van der Waals surface area contributed by atoms with Crippen molar-refractivity contribution in [3.05, 3.63) is 88.0 Å². The number of carbonyl (C=O) groups excluding carboxylic acids is 4. The number of imide groups is 1. The molecule has 0 spiro atoms. The Morgan fingerprint density at radius 1 is 0.859 bits per heavy atom. The van der Waals surface area contributed by atoms with Gasteiger partial charge < -0.3 is 24.0 Å². The summed E-state index contributed by atoms with van der Waals surface area (Å²) in [4.78, 5) is 92.6. The minimum atomic E-state index is -0.727. The normalized spacial score (nSPS) is 24.4. The van der Waals surface area contributed by atoms with Crippen LogP contribution in [0.2, 0.25) is 0 Å². The second-order valence-electron chi connectivity index (χ2n) is 25.3. The zero-order valence-corrected chi connectivity index (χ0v) is 48.7. The molecule has 5 atom stereocenters. The van der Waals surface area contributed by atoms with Gasteiger partial charge >= 0.3 is 23.9 Å². The molecule has 2 bridgehead atoms. The highest BCUT2D eigenvalue weighted by Gasteiger charge is 2.51. The van der Waals surface area contributed by atoms with Crippen LogP contribution >= 0.6 is 0 Å². The van der Waals surface area contributed by atoms with Crippen LogP contribution in [0.3, 0.4) is 0 Å². The van der Waals surface area contributed by atoms with Gasteiger partial charge in [0, 0.05) is 88.5 Å². The van der Waals surface area contributed by atoms with Gasteiger partial charge in [0.1, 0.15) is 47.7 Å². The number of amides is 4. The van der Waals surface area contributed by atoms with Gasteiger partial charge in [-0.1, -0.05) is 36.3 Å². The summed E-state index contributed by atoms with van der Waals surface area (Å²) < 4.78 is 54.4. The Bertz CT molecular complexity index is 3750. The number of piperidine rings is 2. The van der Waals surface area contributed by atoms with E-state index in [4.69, 9.17) is 30.6 Å². The molecule has 0 saturated carbocycles. The topological polar surface area (TPSA) is 193 Å². The average Bonchev–Trinajstić information content (AvgIpc) is 2.17. The first-order valence-corrected chi connectivity index (χ1v) is 30.1. The summed E-state index contributed by atoms with van der Waals surface area (Å²) in [5.41, 5.74) is 1.49. The second-order valence-corrected chi connectivity index (χ2v) is 25.3. The fourth-order valence-corrected chi connectivity index (χ4v) is 14.9. The zero-order valence-electron chi connectivity index (χ0n) is 48.7. The third kappa shape index (κ3) is 10.5. The van der Waals surface area contributed by atoms with Crippen LogP contribution in [-0.2, 0) is 32.7 Å². The quantitative estimate of drug-likeness (QED) is 0.102. The van der Waals surface area contributed by atoms with Crippen LogP contribution in [0.1, 0.15) is 102 Å². The molecule has 3 aromatic heterocycles. The number of pyridine rings is 1. The molecule has 85 heavy (non-hydrogen) atoms. The van der Waals surface area contributed by atoms with Gasteiger partial charge in [0.25, 0.3) is 0 Å². The SMILES string of the molecule is C#Cc1c(F)ccc2cccc(-c3ncc4c(N5CC6CCC(C5)N6C(=O)OC(C)(C)C)nc(OC[C@@]56CCCN5[C@H](COC(=O)N5CCN(C7CCN(Cc8ccc9c(c8)n(C)c(=O)n9C8CCC(=O)NC8=O)CC7)CC5)CC6)nc4c3F)c12. The molecule has 7 aliphatic heterocycles. The molecule has 10 heterocycles. The number of rotatable bonds is 11. The molecule has 13 rings (SSSR count). The smallest absolute Gasteiger partial charge is 0.410 e. The Balaban J connectivity index is 0.645. The van der Waals surface area contributed by atoms with Crippen LogP contribution in [0, 0.1) is 24.0 Å². The number of fused-ring (bicyclic) bond motifs is 6. The largest absolute Gasteiger partial charge is 0.461 e. The minimum absolute atomic E-state index is 0.000153. The number of halogens is 2. The predicted octanol–water partition coefficient (Wildman–Crippen LogP) is 7.12. The number of likely N-dealkylation sites (tertiary alicyclic amines) is 1. The van der Waals surface area contributed by atoms with Crippen molar-refractivity contribution in [1.29, 1.82) is 0 Å². The maximum atomic E-state index is 17.5. The lowest BCUT2D eigenvalue weighted by atomic mass is 9.95. The summed E-state index contributed by atoms with van der Waals surface area (Å²) >= 11 is 0. The van der Waals surface area contributed by atoms with E-state index in [1.807, 2.05) is 48.8 Å². The fourth-order valence-electron chi connectivity index (χ4n) is 14.9. The van der Waals surface area contributed by atoms with Gasteiger partial charge in [-0.3, -0.25) is 48.6 Å². The maximum Gasteiger partial charge on any atom is 0.410 e. The molecule has 6 aromatic rings. The number of hydrogen-bond donors (Lipinski definition) is 1. The number of imidazole rings is 1. The first-order valence-electron chi connectivity index (χ1n) is 30.1. The number of nitrogens with zero attached hydrogens (tertiary/aromatic N) is 11. The van der Waals surface area contributed by atoms with Crippen molar-refractivity contribution < 1.29 is 42.2 Å². The Hall–Kier alpha value is -7.74. The number of piperazine rings is 2. The summed E-state index contributed by atoms with van der Waals surface area (Å²) in [5, 5.41) is 3.75. The Morgan fingerprint density at radius 2 is 1.64 bits per heavy atom. The first kappa shape index (κ1) is 56.4. The van der Waals surface area contributed by atoms with Crippen molar-refractivity contribution in [2.75, 3.05) is 77.0 Å². The van der Waals surface area contributed by atoms with Crippen LogP contribution in [0.15, 0.2) is 59.5 Å². The van der Waals surface area contributed by atoms with Gasteiger partial charge in [0.2, 0.25) is 11.8 Å². The van der Waals surface area contributed by atoms with Gasteiger partial charge in [-0.05, 0) is 127 Å². The molecule has 446 valence electrons. The number of hydrogen-bond acceptors (Lipinski definition) is 15. The molecule has 22 heteroatoms. The third-order valence-electron chi connectivity index (χ3n) is 19.1. The van der Waals surface area contributed by atoms with Gasteiger partial charge in [0.15, 0.2) is 5.82 Å². The van der Waals surface area contributed by atoms with E-state index in [-0.39, 0.29) is 89.9 Å². The van der Waals surface area contributed by atoms with E-state index in [2.05, 4.69) is 35.8 Å². The van der Waals surface area contributed by atoms with Crippen LogP contribution in [0.4, 0.5) is 24.2 Å². The number of ether oxygens (including phenoxy) is 3. The van der Waals surface area contributed by atoms with E-state index < -0.39 is 29.2 Å². The van der Waals surface area contributed by atoms with E-state index >= 15 is 8.78 Å². The zero-order chi connectivity index (χ0) is 59.1. The Morgan fingerprint density at radius 3 is 2.38 bits per heavy atom. The highest BCUT2D eigenvalue weighted by molar-refractivity contribution is 6.02. The molecule has 3 unspecified atom stereocenters. The summed E-state index contributed by atoms with van der Waals surface area (Å²) in [6.07, 6.45) is 14.2. The maximum absolute atomic E-state index is 17.5. The van der Waals surface area contributed by atoms with Crippen molar-refractivity contribution in [1.82, 2.24) is 53.9 Å². The van der Waals surface area contributed by atoms with E-state index in [0.29, 0.717) is 71.7 Å². The second kappa shape index (κ2) is 22.3. The number of terminal acetylenes is 1. The summed E-state index contributed by atoms with van der Waals surface area (Å²) in [5.74, 6) is 0.817. The first-order chi connectivity index (χ1) is 40.9. The van der Waals surface area contributed by atoms with Crippen molar-refractivity contribution >= 4 is 62.5 Å². The lowest BCUT2D eigenvalue weighted by Gasteiger charge is -2.42. The van der Waals surface area contributed by atoms with Crippen molar-refractivity contribution in [3.63, 3.8) is 0 Å². The number of anilines is 1. The molecule has 20 nitrogen and oxygen atoms in total. The summed E-state index contributed by atoms with van der Waals surface area (Å²) in [7, 11) is 1.72. The van der Waals surface area contributed by atoms with Crippen molar-refractivity contribution in [2.45, 2.75) is 133 Å². The van der Waals surface area contributed by atoms with Crippen LogP contribution in [-0.4, -0.2) is 180 Å². The van der Waals surface area contributed by atoms with E-state index in [9.17, 15) is 24.0 Å². The minimum Gasteiger partial charge on any atom is -0.461 e. The number of nitrogens with one attached hydrogen (secondary N) is 1.